The molecule has 3 rings (SSSR count). The Bertz CT molecular complexity index is 849. The fraction of sp³-hybridized carbons (Fsp3) is 0.200. The highest BCUT2D eigenvalue weighted by Gasteiger charge is 2.21. The Morgan fingerprint density at radius 3 is 2.75 bits per heavy atom. The summed E-state index contributed by atoms with van der Waals surface area (Å²) < 4.78 is 2.06. The Balaban J connectivity index is 2.61. The molecule has 2 heterocycles. The minimum atomic E-state index is -1.04. The maximum absolute atomic E-state index is 11.4. The molecule has 0 aliphatic carbocycles. The SMILES string of the molecule is CCn1c2ccccc2c2c(N)c(C(=O)O)c(C)nc21. The number of fused-ring (bicyclic) bond motifs is 3. The van der Waals surface area contributed by atoms with Crippen molar-refractivity contribution in [2.24, 2.45) is 0 Å². The van der Waals surface area contributed by atoms with Crippen LogP contribution in [0, 0.1) is 6.92 Å². The molecule has 5 nitrogen and oxygen atoms in total. The predicted molar refractivity (Wildman–Crippen MR) is 79.0 cm³/mol. The molecule has 2 aromatic heterocycles. The zero-order chi connectivity index (χ0) is 14.4. The van der Waals surface area contributed by atoms with Gasteiger partial charge in [0, 0.05) is 11.9 Å². The van der Waals surface area contributed by atoms with Crippen molar-refractivity contribution in [3.8, 4) is 0 Å². The fourth-order valence-electron chi connectivity index (χ4n) is 2.80. The lowest BCUT2D eigenvalue weighted by Crippen LogP contribution is -2.08. The van der Waals surface area contributed by atoms with Gasteiger partial charge < -0.3 is 15.4 Å². The van der Waals surface area contributed by atoms with Gasteiger partial charge in [-0.3, -0.25) is 0 Å². The predicted octanol–water partition coefficient (Wildman–Crippen LogP) is 2.80. The van der Waals surface area contributed by atoms with Crippen molar-refractivity contribution in [2.45, 2.75) is 20.4 Å². The first kappa shape index (κ1) is 12.5. The Morgan fingerprint density at radius 2 is 2.10 bits per heavy atom. The summed E-state index contributed by atoms with van der Waals surface area (Å²) >= 11 is 0. The molecule has 1 aromatic carbocycles. The third-order valence-corrected chi connectivity index (χ3v) is 3.65. The number of para-hydroxylation sites is 1. The average Bonchev–Trinajstić information content (AvgIpc) is 2.71. The maximum Gasteiger partial charge on any atom is 0.339 e. The van der Waals surface area contributed by atoms with E-state index < -0.39 is 5.97 Å². The van der Waals surface area contributed by atoms with Crippen LogP contribution in [0.1, 0.15) is 23.0 Å². The second-order valence-corrected chi connectivity index (χ2v) is 4.75. The van der Waals surface area contributed by atoms with Gasteiger partial charge in [0.2, 0.25) is 0 Å². The number of pyridine rings is 1. The second-order valence-electron chi connectivity index (χ2n) is 4.75. The van der Waals surface area contributed by atoms with Crippen LogP contribution in [0.25, 0.3) is 21.9 Å². The largest absolute Gasteiger partial charge is 0.478 e. The van der Waals surface area contributed by atoms with Crippen molar-refractivity contribution < 1.29 is 9.90 Å². The van der Waals surface area contributed by atoms with E-state index in [0.717, 1.165) is 28.5 Å². The van der Waals surface area contributed by atoms with E-state index >= 15 is 0 Å². The van der Waals surface area contributed by atoms with Crippen molar-refractivity contribution in [3.05, 3.63) is 35.5 Å². The topological polar surface area (TPSA) is 81.1 Å². The molecule has 5 heteroatoms. The molecule has 20 heavy (non-hydrogen) atoms. The Labute approximate surface area is 115 Å². The first-order valence-corrected chi connectivity index (χ1v) is 6.46. The second kappa shape index (κ2) is 4.23. The average molecular weight is 269 g/mol. The van der Waals surface area contributed by atoms with Crippen molar-refractivity contribution in [1.82, 2.24) is 9.55 Å². The van der Waals surface area contributed by atoms with Crippen LogP contribution in [0.15, 0.2) is 24.3 Å². The third kappa shape index (κ3) is 1.49. The van der Waals surface area contributed by atoms with E-state index in [1.165, 1.54) is 0 Å². The quantitative estimate of drug-likeness (QED) is 0.749. The number of hydrogen-bond acceptors (Lipinski definition) is 3. The van der Waals surface area contributed by atoms with E-state index in [4.69, 9.17) is 5.73 Å². The molecule has 0 spiro atoms. The van der Waals surface area contributed by atoms with E-state index in [0.29, 0.717) is 11.4 Å². The number of hydrogen-bond donors (Lipinski definition) is 2. The van der Waals surface area contributed by atoms with Gasteiger partial charge in [0.15, 0.2) is 0 Å². The number of nitrogen functional groups attached to an aromatic ring is 1. The van der Waals surface area contributed by atoms with Gasteiger partial charge in [0.1, 0.15) is 11.2 Å². The smallest absolute Gasteiger partial charge is 0.339 e. The van der Waals surface area contributed by atoms with Crippen molar-refractivity contribution in [1.29, 1.82) is 0 Å². The lowest BCUT2D eigenvalue weighted by molar-refractivity contribution is 0.0697. The molecule has 102 valence electrons. The van der Waals surface area contributed by atoms with Gasteiger partial charge in [0.25, 0.3) is 0 Å². The number of aryl methyl sites for hydroxylation is 2. The van der Waals surface area contributed by atoms with Gasteiger partial charge in [-0.25, -0.2) is 9.78 Å². The van der Waals surface area contributed by atoms with Gasteiger partial charge in [-0.2, -0.15) is 0 Å². The van der Waals surface area contributed by atoms with Crippen LogP contribution in [0.2, 0.25) is 0 Å². The molecule has 0 amide bonds. The number of carboxylic acids is 1. The highest BCUT2D eigenvalue weighted by Crippen LogP contribution is 2.34. The van der Waals surface area contributed by atoms with Gasteiger partial charge in [0.05, 0.1) is 22.3 Å². The number of nitrogens with zero attached hydrogens (tertiary/aromatic N) is 2. The fourth-order valence-corrected chi connectivity index (χ4v) is 2.80. The zero-order valence-electron chi connectivity index (χ0n) is 11.3. The zero-order valence-corrected chi connectivity index (χ0v) is 11.3. The minimum absolute atomic E-state index is 0.0940. The van der Waals surface area contributed by atoms with E-state index in [9.17, 15) is 9.90 Å². The third-order valence-electron chi connectivity index (χ3n) is 3.65. The molecular formula is C15H15N3O2. The normalized spacial score (nSPS) is 11.3. The van der Waals surface area contributed by atoms with Gasteiger partial charge >= 0.3 is 5.97 Å². The molecule has 0 fully saturated rings. The molecule has 0 saturated heterocycles. The van der Waals surface area contributed by atoms with Crippen LogP contribution >= 0.6 is 0 Å². The first-order valence-electron chi connectivity index (χ1n) is 6.46. The van der Waals surface area contributed by atoms with Gasteiger partial charge in [-0.1, -0.05) is 18.2 Å². The van der Waals surface area contributed by atoms with Crippen LogP contribution in [0.4, 0.5) is 5.69 Å². The van der Waals surface area contributed by atoms with Crippen LogP contribution in [0.5, 0.6) is 0 Å². The van der Waals surface area contributed by atoms with E-state index in [2.05, 4.69) is 9.55 Å². The molecule has 0 saturated carbocycles. The molecule has 0 bridgehead atoms. The summed E-state index contributed by atoms with van der Waals surface area (Å²) in [5.41, 5.74) is 8.72. The van der Waals surface area contributed by atoms with E-state index in [-0.39, 0.29) is 5.56 Å². The number of nitrogens with two attached hydrogens (primary N) is 1. The number of carbonyl (C=O) groups is 1. The highest BCUT2D eigenvalue weighted by molar-refractivity contribution is 6.16. The summed E-state index contributed by atoms with van der Waals surface area (Å²) in [4.78, 5) is 15.8. The van der Waals surface area contributed by atoms with Crippen LogP contribution in [-0.4, -0.2) is 20.6 Å². The molecule has 3 N–H and O–H groups in total. The summed E-state index contributed by atoms with van der Waals surface area (Å²) in [5.74, 6) is -1.04. The first-order chi connectivity index (χ1) is 9.56. The standard InChI is InChI=1S/C15H15N3O2/c1-3-18-10-7-5-4-6-9(10)12-13(16)11(15(19)20)8(2)17-14(12)18/h4-7H,3H2,1-2H3,(H2,16,17)(H,19,20). The molecule has 0 aliphatic rings. The number of carboxylic acid groups (broad SMARTS) is 1. The minimum Gasteiger partial charge on any atom is -0.478 e. The molecule has 0 aliphatic heterocycles. The van der Waals surface area contributed by atoms with Crippen LogP contribution < -0.4 is 5.73 Å². The summed E-state index contributed by atoms with van der Waals surface area (Å²) in [6, 6.07) is 7.81. The monoisotopic (exact) mass is 269 g/mol. The number of aromatic carboxylic acids is 1. The Hall–Kier alpha value is -2.56. The number of aromatic nitrogens is 2. The Kier molecular flexibility index (Phi) is 2.64. The van der Waals surface area contributed by atoms with Crippen molar-refractivity contribution in [2.75, 3.05) is 5.73 Å². The lowest BCUT2D eigenvalue weighted by Gasteiger charge is -2.07. The van der Waals surface area contributed by atoms with E-state index in [1.807, 2.05) is 31.2 Å². The van der Waals surface area contributed by atoms with Crippen molar-refractivity contribution >= 4 is 33.6 Å². The Morgan fingerprint density at radius 1 is 1.40 bits per heavy atom. The molecular weight excluding hydrogens is 254 g/mol. The van der Waals surface area contributed by atoms with Gasteiger partial charge in [-0.05, 0) is 19.9 Å². The lowest BCUT2D eigenvalue weighted by atomic mass is 10.1. The molecule has 0 unspecified atom stereocenters. The maximum atomic E-state index is 11.4. The van der Waals surface area contributed by atoms with Gasteiger partial charge in [-0.15, -0.1) is 0 Å². The van der Waals surface area contributed by atoms with E-state index in [1.54, 1.807) is 6.92 Å². The summed E-state index contributed by atoms with van der Waals surface area (Å²) in [6.45, 7) is 4.46. The summed E-state index contributed by atoms with van der Waals surface area (Å²) in [5, 5.41) is 11.0. The highest BCUT2D eigenvalue weighted by atomic mass is 16.4. The number of benzene rings is 1. The van der Waals surface area contributed by atoms with Crippen LogP contribution in [0.3, 0.4) is 0 Å². The molecule has 0 atom stereocenters. The summed E-state index contributed by atoms with van der Waals surface area (Å²) in [7, 11) is 0. The number of rotatable bonds is 2. The molecule has 0 radical (unpaired) electrons. The van der Waals surface area contributed by atoms with Crippen LogP contribution in [-0.2, 0) is 6.54 Å². The molecule has 3 aromatic rings. The summed E-state index contributed by atoms with van der Waals surface area (Å²) in [6.07, 6.45) is 0. The number of anilines is 1. The van der Waals surface area contributed by atoms with Crippen molar-refractivity contribution in [3.63, 3.8) is 0 Å².